The number of anilines is 2. The van der Waals surface area contributed by atoms with Crippen LogP contribution in [0.25, 0.3) is 0 Å². The van der Waals surface area contributed by atoms with Gasteiger partial charge in [-0.15, -0.1) is 0 Å². The van der Waals surface area contributed by atoms with Gasteiger partial charge in [-0.05, 0) is 18.9 Å². The van der Waals surface area contributed by atoms with Gasteiger partial charge in [-0.25, -0.2) is 23.2 Å². The number of amides is 1. The molecule has 35 heavy (non-hydrogen) atoms. The smallest absolute Gasteiger partial charge is 0.233 e. The van der Waals surface area contributed by atoms with E-state index in [2.05, 4.69) is 25.9 Å². The number of nitrogens with two attached hydrogens (primary N) is 1. The van der Waals surface area contributed by atoms with Crippen molar-refractivity contribution in [3.05, 3.63) is 18.5 Å². The number of morpholine rings is 1. The summed E-state index contributed by atoms with van der Waals surface area (Å²) in [5, 5.41) is 7.23. The lowest BCUT2D eigenvalue weighted by Crippen LogP contribution is -2.58. The van der Waals surface area contributed by atoms with Crippen LogP contribution in [0.1, 0.15) is 12.8 Å². The Bertz CT molecular complexity index is 1020. The second-order valence-electron chi connectivity index (χ2n) is 9.41. The number of hydrazine groups is 1. The number of sulfonamides is 1. The van der Waals surface area contributed by atoms with E-state index in [1.807, 2.05) is 6.07 Å². The number of nitrogens with one attached hydrogen (secondary N) is 3. The van der Waals surface area contributed by atoms with Crippen LogP contribution in [0.3, 0.4) is 0 Å². The van der Waals surface area contributed by atoms with Gasteiger partial charge in [0.2, 0.25) is 15.9 Å². The molecule has 5 rings (SSSR count). The molecule has 0 radical (unpaired) electrons. The highest BCUT2D eigenvalue weighted by Crippen LogP contribution is 2.31. The van der Waals surface area contributed by atoms with Crippen molar-refractivity contribution in [2.45, 2.75) is 36.6 Å². The Labute approximate surface area is 204 Å². The monoisotopic (exact) mass is 512 g/mol. The fourth-order valence-corrected chi connectivity index (χ4v) is 7.25. The molecule has 1 amide bonds. The van der Waals surface area contributed by atoms with Gasteiger partial charge >= 0.3 is 0 Å². The van der Waals surface area contributed by atoms with Gasteiger partial charge < -0.3 is 20.7 Å². The fourth-order valence-electron chi connectivity index (χ4n) is 5.36. The first-order chi connectivity index (χ1) is 16.8. The molecule has 4 aliphatic rings. The van der Waals surface area contributed by atoms with Crippen molar-refractivity contribution in [1.82, 2.24) is 25.0 Å². The number of pyridine rings is 1. The maximum atomic E-state index is 13.7. The number of hydrogen-bond donors (Lipinski definition) is 4. The number of carbonyl (C=O) groups excluding carboxylic acids is 1. The van der Waals surface area contributed by atoms with Crippen molar-refractivity contribution < 1.29 is 22.3 Å². The molecule has 14 heteroatoms. The molecule has 0 bridgehead atoms. The Morgan fingerprint density at radius 1 is 1.23 bits per heavy atom. The zero-order valence-corrected chi connectivity index (χ0v) is 20.3. The first-order valence-electron chi connectivity index (χ1n) is 12.1. The van der Waals surface area contributed by atoms with Crippen LogP contribution >= 0.6 is 0 Å². The van der Waals surface area contributed by atoms with Crippen LogP contribution in [0.4, 0.5) is 15.8 Å². The molecule has 4 atom stereocenters. The predicted molar refractivity (Wildman–Crippen MR) is 127 cm³/mol. The van der Waals surface area contributed by atoms with E-state index in [0.717, 1.165) is 5.69 Å². The van der Waals surface area contributed by atoms with Crippen molar-refractivity contribution in [2.75, 3.05) is 62.7 Å². The topological polar surface area (TPSA) is 145 Å². The second kappa shape index (κ2) is 10.2. The highest BCUT2D eigenvalue weighted by atomic mass is 32.2. The molecule has 4 unspecified atom stereocenters. The summed E-state index contributed by atoms with van der Waals surface area (Å²) in [5.41, 5.74) is 10.5. The van der Waals surface area contributed by atoms with Crippen LogP contribution < -0.4 is 26.7 Å². The van der Waals surface area contributed by atoms with Crippen molar-refractivity contribution in [3.63, 3.8) is 0 Å². The lowest BCUT2D eigenvalue weighted by Gasteiger charge is -2.37. The molecule has 4 fully saturated rings. The summed E-state index contributed by atoms with van der Waals surface area (Å²) in [6.07, 6.45) is 2.14. The summed E-state index contributed by atoms with van der Waals surface area (Å²) in [6.45, 7) is 3.08. The predicted octanol–water partition coefficient (Wildman–Crippen LogP) is -1.36. The molecule has 4 saturated heterocycles. The fraction of sp³-hybridized carbons (Fsp3) is 0.714. The molecule has 194 valence electrons. The van der Waals surface area contributed by atoms with Crippen LogP contribution in [0.15, 0.2) is 18.5 Å². The highest BCUT2D eigenvalue weighted by Gasteiger charge is 2.47. The Morgan fingerprint density at radius 2 is 1.97 bits per heavy atom. The van der Waals surface area contributed by atoms with E-state index in [0.29, 0.717) is 57.9 Å². The maximum absolute atomic E-state index is 13.7. The van der Waals surface area contributed by atoms with Gasteiger partial charge in [-0.3, -0.25) is 15.1 Å². The lowest BCUT2D eigenvalue weighted by atomic mass is 10.0. The number of halogens is 1. The van der Waals surface area contributed by atoms with E-state index in [1.165, 1.54) is 0 Å². The molecule has 4 aliphatic heterocycles. The Kier molecular flexibility index (Phi) is 7.21. The Morgan fingerprint density at radius 3 is 2.71 bits per heavy atom. The third-order valence-electron chi connectivity index (χ3n) is 7.21. The average Bonchev–Trinajstić information content (AvgIpc) is 3.19. The molecule has 5 heterocycles. The standard InChI is InChI=1S/C21H33FN8O4S/c22-14-11-25-20-18(19(23)27-30(20)13-14)21(31)26-16-12-24-4-1-17(16)28-5-2-15(3-6-28)35(32,33)29-7-9-34-10-8-29/h1,4,12,14-15,18-20,25,27H,2-3,5-11,13,23H2,(H,26,31). The van der Waals surface area contributed by atoms with Crippen molar-refractivity contribution in [2.24, 2.45) is 11.7 Å². The van der Waals surface area contributed by atoms with Gasteiger partial charge in [0.25, 0.3) is 0 Å². The van der Waals surface area contributed by atoms with Gasteiger partial charge in [0, 0.05) is 45.5 Å². The van der Waals surface area contributed by atoms with Crippen LogP contribution in [-0.4, -0.2) is 105 Å². The molecular weight excluding hydrogens is 479 g/mol. The molecule has 1 aromatic heterocycles. The second-order valence-corrected chi connectivity index (χ2v) is 11.6. The van der Waals surface area contributed by atoms with Gasteiger partial charge in [0.1, 0.15) is 6.17 Å². The number of piperidine rings is 1. The number of ether oxygens (including phenoxy) is 1. The third kappa shape index (κ3) is 5.01. The minimum Gasteiger partial charge on any atom is -0.379 e. The SMILES string of the molecule is NC1NN2CC(F)CNC2C1C(=O)Nc1cnccc1N1CCC(S(=O)(=O)N2CCOCC2)CC1. The number of hydrogen-bond acceptors (Lipinski definition) is 10. The largest absolute Gasteiger partial charge is 0.379 e. The number of alkyl halides is 1. The van der Waals surface area contributed by atoms with Crippen molar-refractivity contribution in [1.29, 1.82) is 0 Å². The molecular formula is C21H33FN8O4S. The number of fused-ring (bicyclic) bond motifs is 1. The lowest BCUT2D eigenvalue weighted by molar-refractivity contribution is -0.121. The molecule has 0 aliphatic carbocycles. The molecule has 0 aromatic carbocycles. The summed E-state index contributed by atoms with van der Waals surface area (Å²) in [4.78, 5) is 19.5. The summed E-state index contributed by atoms with van der Waals surface area (Å²) in [7, 11) is -3.37. The Hall–Kier alpha value is -1.94. The normalized spacial score (nSPS) is 31.3. The molecule has 0 saturated carbocycles. The average molecular weight is 513 g/mol. The van der Waals surface area contributed by atoms with E-state index in [1.54, 1.807) is 21.7 Å². The minimum atomic E-state index is -3.37. The van der Waals surface area contributed by atoms with Crippen molar-refractivity contribution in [3.8, 4) is 0 Å². The van der Waals surface area contributed by atoms with Crippen molar-refractivity contribution >= 4 is 27.3 Å². The van der Waals surface area contributed by atoms with Crippen LogP contribution in [0, 0.1) is 5.92 Å². The van der Waals surface area contributed by atoms with E-state index >= 15 is 0 Å². The number of rotatable bonds is 5. The molecule has 1 aromatic rings. The number of aromatic nitrogens is 1. The van der Waals surface area contributed by atoms with Gasteiger partial charge in [0.15, 0.2) is 0 Å². The molecule has 0 spiro atoms. The minimum absolute atomic E-state index is 0.162. The highest BCUT2D eigenvalue weighted by molar-refractivity contribution is 7.89. The molecule has 12 nitrogen and oxygen atoms in total. The van der Waals surface area contributed by atoms with Crippen LogP contribution in [0.2, 0.25) is 0 Å². The van der Waals surface area contributed by atoms with E-state index in [4.69, 9.17) is 10.5 Å². The van der Waals surface area contributed by atoms with Gasteiger partial charge in [-0.1, -0.05) is 0 Å². The van der Waals surface area contributed by atoms with E-state index in [-0.39, 0.29) is 19.0 Å². The zero-order chi connectivity index (χ0) is 24.6. The molecule has 5 N–H and O–H groups in total. The number of carbonyl (C=O) groups is 1. The number of nitrogens with zero attached hydrogens (tertiary/aromatic N) is 4. The summed E-state index contributed by atoms with van der Waals surface area (Å²) in [5.74, 6) is -0.915. The summed E-state index contributed by atoms with van der Waals surface area (Å²) < 4.78 is 46.7. The van der Waals surface area contributed by atoms with E-state index < -0.39 is 39.7 Å². The third-order valence-corrected chi connectivity index (χ3v) is 9.61. The Balaban J connectivity index is 1.24. The first-order valence-corrected chi connectivity index (χ1v) is 13.6. The van der Waals surface area contributed by atoms with Gasteiger partial charge in [0.05, 0.1) is 54.3 Å². The summed E-state index contributed by atoms with van der Waals surface area (Å²) in [6, 6.07) is 1.82. The van der Waals surface area contributed by atoms with Crippen LogP contribution in [0.5, 0.6) is 0 Å². The maximum Gasteiger partial charge on any atom is 0.233 e. The zero-order valence-electron chi connectivity index (χ0n) is 19.5. The van der Waals surface area contributed by atoms with Gasteiger partial charge in [-0.2, -0.15) is 4.31 Å². The summed E-state index contributed by atoms with van der Waals surface area (Å²) >= 11 is 0. The quantitative estimate of drug-likeness (QED) is 0.373. The van der Waals surface area contributed by atoms with E-state index in [9.17, 15) is 17.6 Å². The van der Waals surface area contributed by atoms with Crippen LogP contribution in [-0.2, 0) is 19.6 Å². The first kappa shape index (κ1) is 24.7.